The van der Waals surface area contributed by atoms with E-state index in [4.69, 9.17) is 9.84 Å². The van der Waals surface area contributed by atoms with Gasteiger partial charge in [-0.1, -0.05) is 12.1 Å². The SMILES string of the molecule is CN(CCC(=O)O)C(=O)NCCC1CN(S(=O)(=O)c2cccc(C(F)(F)F)c2)c2cc(-c3cc(F)ccc3F)ccc2O1. The minimum Gasteiger partial charge on any atom is -0.486 e. The van der Waals surface area contributed by atoms with E-state index in [0.29, 0.717) is 6.07 Å². The van der Waals surface area contributed by atoms with Crippen molar-refractivity contribution in [3.05, 3.63) is 77.9 Å². The first-order valence-electron chi connectivity index (χ1n) is 12.8. The Labute approximate surface area is 243 Å². The van der Waals surface area contributed by atoms with Crippen LogP contribution < -0.4 is 14.4 Å². The summed E-state index contributed by atoms with van der Waals surface area (Å²) in [5, 5.41) is 11.4. The molecule has 3 aromatic rings. The van der Waals surface area contributed by atoms with Gasteiger partial charge in [-0.05, 0) is 54.1 Å². The van der Waals surface area contributed by atoms with E-state index < -0.39 is 56.4 Å². The second-order valence-corrected chi connectivity index (χ2v) is 11.6. The maximum Gasteiger partial charge on any atom is 0.416 e. The predicted octanol–water partition coefficient (Wildman–Crippen LogP) is 5.11. The zero-order valence-electron chi connectivity index (χ0n) is 22.6. The molecule has 1 unspecified atom stereocenters. The Morgan fingerprint density at radius 3 is 2.53 bits per heavy atom. The highest BCUT2D eigenvalue weighted by atomic mass is 32.2. The first-order chi connectivity index (χ1) is 20.2. The minimum atomic E-state index is -4.81. The lowest BCUT2D eigenvalue weighted by Gasteiger charge is -2.36. The number of carboxylic acid groups (broad SMARTS) is 1. The molecule has 1 atom stereocenters. The van der Waals surface area contributed by atoms with Gasteiger partial charge < -0.3 is 20.1 Å². The molecule has 0 saturated heterocycles. The highest BCUT2D eigenvalue weighted by Gasteiger charge is 2.37. The van der Waals surface area contributed by atoms with E-state index in [9.17, 15) is 40.0 Å². The third kappa shape index (κ3) is 7.34. The van der Waals surface area contributed by atoms with Crippen molar-refractivity contribution in [1.29, 1.82) is 0 Å². The number of rotatable bonds is 9. The van der Waals surface area contributed by atoms with Crippen LogP contribution in [0.2, 0.25) is 0 Å². The number of aliphatic carboxylic acids is 1. The molecule has 4 rings (SSSR count). The number of fused-ring (bicyclic) bond motifs is 1. The molecule has 0 bridgehead atoms. The number of benzene rings is 3. The summed E-state index contributed by atoms with van der Waals surface area (Å²) >= 11 is 0. The molecule has 2 N–H and O–H groups in total. The van der Waals surface area contributed by atoms with Crippen LogP contribution in [0.1, 0.15) is 18.4 Å². The number of anilines is 1. The van der Waals surface area contributed by atoms with Crippen molar-refractivity contribution in [3.63, 3.8) is 0 Å². The number of urea groups is 1. The molecule has 1 heterocycles. The van der Waals surface area contributed by atoms with Crippen LogP contribution in [0.5, 0.6) is 5.75 Å². The Balaban J connectivity index is 1.66. The molecule has 9 nitrogen and oxygen atoms in total. The largest absolute Gasteiger partial charge is 0.486 e. The van der Waals surface area contributed by atoms with E-state index in [0.717, 1.165) is 45.6 Å². The van der Waals surface area contributed by atoms with Gasteiger partial charge in [0.15, 0.2) is 0 Å². The van der Waals surface area contributed by atoms with Crippen molar-refractivity contribution in [3.8, 4) is 16.9 Å². The molecule has 0 aliphatic carbocycles. The Morgan fingerprint density at radius 2 is 1.84 bits per heavy atom. The van der Waals surface area contributed by atoms with Crippen molar-refractivity contribution in [2.45, 2.75) is 30.0 Å². The molecule has 43 heavy (non-hydrogen) atoms. The van der Waals surface area contributed by atoms with Gasteiger partial charge in [0.05, 0.1) is 29.1 Å². The second kappa shape index (κ2) is 12.5. The molecular formula is C28H26F5N3O6S. The number of halogens is 5. The monoisotopic (exact) mass is 627 g/mol. The molecule has 0 radical (unpaired) electrons. The maximum atomic E-state index is 14.5. The molecular weight excluding hydrogens is 601 g/mol. The van der Waals surface area contributed by atoms with E-state index in [1.165, 1.54) is 25.2 Å². The molecule has 0 aromatic heterocycles. The number of carbonyl (C=O) groups is 2. The summed E-state index contributed by atoms with van der Waals surface area (Å²) in [7, 11) is -3.25. The summed E-state index contributed by atoms with van der Waals surface area (Å²) in [6.07, 6.45) is -5.90. The van der Waals surface area contributed by atoms with Gasteiger partial charge in [0.1, 0.15) is 23.5 Å². The molecule has 15 heteroatoms. The predicted molar refractivity (Wildman–Crippen MR) is 145 cm³/mol. The number of amides is 2. The van der Waals surface area contributed by atoms with Crippen LogP contribution in [0.25, 0.3) is 11.1 Å². The number of nitrogens with one attached hydrogen (secondary N) is 1. The van der Waals surface area contributed by atoms with E-state index in [2.05, 4.69) is 5.32 Å². The van der Waals surface area contributed by atoms with Gasteiger partial charge >= 0.3 is 18.2 Å². The Hall–Kier alpha value is -4.40. The maximum absolute atomic E-state index is 14.5. The minimum absolute atomic E-state index is 0.0114. The van der Waals surface area contributed by atoms with Crippen LogP contribution in [0.4, 0.5) is 32.4 Å². The fourth-order valence-electron chi connectivity index (χ4n) is 4.38. The number of carboxylic acids is 1. The van der Waals surface area contributed by atoms with E-state index >= 15 is 0 Å². The van der Waals surface area contributed by atoms with Crippen LogP contribution in [0.15, 0.2) is 65.6 Å². The van der Waals surface area contributed by atoms with Crippen LogP contribution in [-0.4, -0.2) is 63.2 Å². The van der Waals surface area contributed by atoms with Crippen LogP contribution >= 0.6 is 0 Å². The van der Waals surface area contributed by atoms with E-state index in [1.807, 2.05) is 0 Å². The standard InChI is InChI=1S/C28H26F5N3O6S/c1-35(12-10-26(37)38)27(39)34-11-9-20-16-36(43(40,41)21-4-2-3-18(14-21)28(31,32)33)24-13-17(5-8-25(24)42-20)22-15-19(29)6-7-23(22)30/h2-8,13-15,20H,9-12,16H2,1H3,(H,34,39)(H,37,38). The number of carbonyl (C=O) groups excluding carboxylic acids is 1. The quantitative estimate of drug-likeness (QED) is 0.319. The molecule has 1 aliphatic rings. The highest BCUT2D eigenvalue weighted by Crippen LogP contribution is 2.41. The Bertz CT molecular complexity index is 1630. The number of hydrogen-bond donors (Lipinski definition) is 2. The van der Waals surface area contributed by atoms with Gasteiger partial charge in [-0.15, -0.1) is 0 Å². The molecule has 0 spiro atoms. The van der Waals surface area contributed by atoms with E-state index in [-0.39, 0.29) is 55.0 Å². The summed E-state index contributed by atoms with van der Waals surface area (Å²) < 4.78 is 103. The van der Waals surface area contributed by atoms with Gasteiger partial charge in [-0.3, -0.25) is 9.10 Å². The summed E-state index contributed by atoms with van der Waals surface area (Å²) in [5.41, 5.74) is -1.36. The average Bonchev–Trinajstić information content (AvgIpc) is 2.96. The van der Waals surface area contributed by atoms with Crippen molar-refractivity contribution < 1.29 is 49.8 Å². The van der Waals surface area contributed by atoms with Crippen molar-refractivity contribution >= 4 is 27.7 Å². The lowest BCUT2D eigenvalue weighted by Crippen LogP contribution is -2.45. The van der Waals surface area contributed by atoms with Gasteiger partial charge in [0.2, 0.25) is 0 Å². The summed E-state index contributed by atoms with van der Waals surface area (Å²) in [6, 6.07) is 9.34. The first-order valence-corrected chi connectivity index (χ1v) is 14.3. The van der Waals surface area contributed by atoms with Gasteiger partial charge in [-0.25, -0.2) is 22.0 Å². The van der Waals surface area contributed by atoms with Crippen LogP contribution in [-0.2, 0) is 21.0 Å². The lowest BCUT2D eigenvalue weighted by atomic mass is 10.0. The van der Waals surface area contributed by atoms with Crippen molar-refractivity contribution in [2.24, 2.45) is 0 Å². The zero-order valence-corrected chi connectivity index (χ0v) is 23.4. The molecule has 1 aliphatic heterocycles. The summed E-state index contributed by atoms with van der Waals surface area (Å²) in [6.45, 7) is -0.447. The lowest BCUT2D eigenvalue weighted by molar-refractivity contribution is -0.138. The molecule has 0 fully saturated rings. The fourth-order valence-corrected chi connectivity index (χ4v) is 5.92. The topological polar surface area (TPSA) is 116 Å². The number of hydrogen-bond acceptors (Lipinski definition) is 5. The third-order valence-electron chi connectivity index (χ3n) is 6.63. The highest BCUT2D eigenvalue weighted by molar-refractivity contribution is 7.92. The van der Waals surface area contributed by atoms with Gasteiger partial charge in [0.25, 0.3) is 10.0 Å². The van der Waals surface area contributed by atoms with Crippen LogP contribution in [0.3, 0.4) is 0 Å². The fraction of sp³-hybridized carbons (Fsp3) is 0.286. The number of alkyl halides is 3. The Morgan fingerprint density at radius 1 is 1.09 bits per heavy atom. The average molecular weight is 628 g/mol. The first kappa shape index (κ1) is 31.5. The number of sulfonamides is 1. The third-order valence-corrected chi connectivity index (χ3v) is 8.41. The van der Waals surface area contributed by atoms with Crippen LogP contribution in [0, 0.1) is 11.6 Å². The van der Waals surface area contributed by atoms with Crippen molar-refractivity contribution in [1.82, 2.24) is 10.2 Å². The number of ether oxygens (including phenoxy) is 1. The molecule has 230 valence electrons. The smallest absolute Gasteiger partial charge is 0.416 e. The van der Waals surface area contributed by atoms with E-state index in [1.54, 1.807) is 0 Å². The number of nitrogens with zero attached hydrogens (tertiary/aromatic N) is 2. The molecule has 0 saturated carbocycles. The van der Waals surface area contributed by atoms with Gasteiger partial charge in [-0.2, -0.15) is 13.2 Å². The molecule has 2 amide bonds. The normalized spacial score (nSPS) is 14.9. The molecule has 3 aromatic carbocycles. The summed E-state index contributed by atoms with van der Waals surface area (Å²) in [4.78, 5) is 23.5. The zero-order chi connectivity index (χ0) is 31.5. The van der Waals surface area contributed by atoms with Gasteiger partial charge in [0, 0.05) is 32.1 Å². The van der Waals surface area contributed by atoms with Crippen molar-refractivity contribution in [2.75, 3.05) is 31.0 Å². The summed E-state index contributed by atoms with van der Waals surface area (Å²) in [5.74, 6) is -2.60. The second-order valence-electron chi connectivity index (χ2n) is 9.69. The Kier molecular flexibility index (Phi) is 9.13.